The van der Waals surface area contributed by atoms with Crippen LogP contribution in [0.25, 0.3) is 0 Å². The van der Waals surface area contributed by atoms with Gasteiger partial charge in [-0.3, -0.25) is 4.79 Å². The highest BCUT2D eigenvalue weighted by molar-refractivity contribution is 9.11. The Bertz CT molecular complexity index is 918. The maximum atomic E-state index is 12.0. The minimum Gasteiger partial charge on any atom is -0.493 e. The van der Waals surface area contributed by atoms with Crippen LogP contribution >= 0.6 is 31.9 Å². The van der Waals surface area contributed by atoms with Crippen LogP contribution in [0.2, 0.25) is 0 Å². The number of hydrogen-bond acceptors (Lipinski definition) is 6. The van der Waals surface area contributed by atoms with Gasteiger partial charge in [0.15, 0.2) is 11.5 Å². The minimum absolute atomic E-state index is 0.0186. The van der Waals surface area contributed by atoms with Crippen molar-refractivity contribution in [3.05, 3.63) is 50.4 Å². The number of halogens is 2. The van der Waals surface area contributed by atoms with Crippen LogP contribution in [0, 0.1) is 0 Å². The van der Waals surface area contributed by atoms with Gasteiger partial charge in [0.2, 0.25) is 0 Å². The number of anilines is 1. The molecule has 0 atom stereocenters. The summed E-state index contributed by atoms with van der Waals surface area (Å²) in [6, 6.07) is 8.57. The molecule has 0 heterocycles. The molecule has 0 unspecified atom stereocenters. The van der Waals surface area contributed by atoms with Gasteiger partial charge in [-0.2, -0.15) is 5.10 Å². The predicted molar refractivity (Wildman–Crippen MR) is 113 cm³/mol. The molecule has 3 N–H and O–H groups in total. The molecule has 2 aromatic rings. The summed E-state index contributed by atoms with van der Waals surface area (Å²) in [7, 11) is 2.76. The van der Waals surface area contributed by atoms with Crippen molar-refractivity contribution in [1.82, 2.24) is 5.43 Å². The smallest absolute Gasteiger partial charge is 0.340 e. The minimum atomic E-state index is -1.20. The third kappa shape index (κ3) is 5.46. The van der Waals surface area contributed by atoms with Crippen LogP contribution in [0.5, 0.6) is 11.5 Å². The molecule has 0 fully saturated rings. The lowest BCUT2D eigenvalue weighted by atomic mass is 10.1. The van der Waals surface area contributed by atoms with Gasteiger partial charge in [-0.1, -0.05) is 15.9 Å². The highest BCUT2D eigenvalue weighted by atomic mass is 79.9. The van der Waals surface area contributed by atoms with E-state index in [1.807, 2.05) is 18.2 Å². The first kappa shape index (κ1) is 21.7. The van der Waals surface area contributed by atoms with E-state index in [1.165, 1.54) is 26.5 Å². The first-order valence-electron chi connectivity index (χ1n) is 7.86. The van der Waals surface area contributed by atoms with E-state index in [-0.39, 0.29) is 29.2 Å². The van der Waals surface area contributed by atoms with E-state index in [9.17, 15) is 14.7 Å². The van der Waals surface area contributed by atoms with Crippen LogP contribution in [0.3, 0.4) is 0 Å². The maximum Gasteiger partial charge on any atom is 0.340 e. The fourth-order valence-electron chi connectivity index (χ4n) is 2.29. The number of nitrogens with one attached hydrogen (secondary N) is 2. The molecule has 2 rings (SSSR count). The second kappa shape index (κ2) is 10.1. The predicted octanol–water partition coefficient (Wildman–Crippen LogP) is 3.49. The first-order valence-corrected chi connectivity index (χ1v) is 9.45. The Morgan fingerprint density at radius 1 is 1.18 bits per heavy atom. The van der Waals surface area contributed by atoms with Crippen LogP contribution < -0.4 is 20.2 Å². The average Bonchev–Trinajstić information content (AvgIpc) is 2.66. The van der Waals surface area contributed by atoms with E-state index in [2.05, 4.69) is 47.7 Å². The van der Waals surface area contributed by atoms with Crippen molar-refractivity contribution in [2.24, 2.45) is 5.10 Å². The molecule has 0 aliphatic heterocycles. The van der Waals surface area contributed by atoms with E-state index >= 15 is 0 Å². The number of benzene rings is 2. The average molecular weight is 515 g/mol. The Morgan fingerprint density at radius 2 is 1.93 bits per heavy atom. The third-order valence-electron chi connectivity index (χ3n) is 3.56. The van der Waals surface area contributed by atoms with Gasteiger partial charge in [-0.15, -0.1) is 0 Å². The monoisotopic (exact) mass is 513 g/mol. The van der Waals surface area contributed by atoms with E-state index in [0.29, 0.717) is 0 Å². The summed E-state index contributed by atoms with van der Waals surface area (Å²) >= 11 is 6.75. The van der Waals surface area contributed by atoms with E-state index in [4.69, 9.17) is 9.47 Å². The maximum absolute atomic E-state index is 12.0. The van der Waals surface area contributed by atoms with Crippen LogP contribution in [0.1, 0.15) is 15.9 Å². The van der Waals surface area contributed by atoms with Crippen molar-refractivity contribution >= 4 is 55.6 Å². The number of ether oxygens (including phenoxy) is 2. The largest absolute Gasteiger partial charge is 0.493 e. The zero-order valence-electron chi connectivity index (χ0n) is 15.0. The second-order valence-electron chi connectivity index (χ2n) is 5.34. The number of carbonyl (C=O) groups is 2. The second-order valence-corrected chi connectivity index (χ2v) is 7.11. The number of carbonyl (C=O) groups excluding carboxylic acids is 1. The summed E-state index contributed by atoms with van der Waals surface area (Å²) in [6.45, 7) is -0.0186. The molecule has 28 heavy (non-hydrogen) atoms. The van der Waals surface area contributed by atoms with Crippen molar-refractivity contribution in [3.63, 3.8) is 0 Å². The fraction of sp³-hybridized carbons (Fsp3) is 0.167. The molecule has 148 valence electrons. The highest BCUT2D eigenvalue weighted by Gasteiger charge is 2.20. The van der Waals surface area contributed by atoms with Gasteiger partial charge in [0.1, 0.15) is 5.56 Å². The molecule has 0 saturated heterocycles. The summed E-state index contributed by atoms with van der Waals surface area (Å²) in [5, 5.41) is 16.2. The van der Waals surface area contributed by atoms with Gasteiger partial charge in [0, 0.05) is 20.2 Å². The Hall–Kier alpha value is -2.59. The molecule has 0 radical (unpaired) electrons. The highest BCUT2D eigenvalue weighted by Crippen LogP contribution is 2.32. The molecule has 0 aliphatic carbocycles. The lowest BCUT2D eigenvalue weighted by Gasteiger charge is -2.12. The Balaban J connectivity index is 2.05. The molecule has 10 heteroatoms. The Labute approximate surface area is 178 Å². The summed E-state index contributed by atoms with van der Waals surface area (Å²) < 4.78 is 11.9. The van der Waals surface area contributed by atoms with E-state index in [1.54, 1.807) is 6.07 Å². The van der Waals surface area contributed by atoms with Gasteiger partial charge in [0.05, 0.1) is 27.0 Å². The molecule has 8 nitrogen and oxygen atoms in total. The Kier molecular flexibility index (Phi) is 7.82. The normalized spacial score (nSPS) is 10.6. The number of carboxylic acid groups (broad SMARTS) is 1. The Morgan fingerprint density at radius 3 is 2.54 bits per heavy atom. The van der Waals surface area contributed by atoms with Gasteiger partial charge in [0.25, 0.3) is 5.91 Å². The number of methoxy groups -OCH3 is 2. The van der Waals surface area contributed by atoms with Crippen molar-refractivity contribution in [3.8, 4) is 11.5 Å². The zero-order valence-corrected chi connectivity index (χ0v) is 18.1. The van der Waals surface area contributed by atoms with Crippen molar-refractivity contribution in [1.29, 1.82) is 0 Å². The topological polar surface area (TPSA) is 109 Å². The SMILES string of the molecule is COc1ccc(/C=N/NC(=O)CNc2ccc(Br)cc2Br)c(C(=O)O)c1OC. The zero-order chi connectivity index (χ0) is 20.7. The number of hydrazone groups is 1. The van der Waals surface area contributed by atoms with Crippen molar-refractivity contribution in [2.75, 3.05) is 26.1 Å². The van der Waals surface area contributed by atoms with E-state index in [0.717, 1.165) is 14.6 Å². The molecule has 2 aromatic carbocycles. The molecule has 0 saturated carbocycles. The molecule has 0 aromatic heterocycles. The summed E-state index contributed by atoms with van der Waals surface area (Å²) in [6.07, 6.45) is 1.23. The van der Waals surface area contributed by atoms with Gasteiger partial charge < -0.3 is 19.9 Å². The summed E-state index contributed by atoms with van der Waals surface area (Å²) in [5.74, 6) is -1.24. The van der Waals surface area contributed by atoms with Crippen LogP contribution in [-0.2, 0) is 4.79 Å². The number of aromatic carboxylic acids is 1. The molecular weight excluding hydrogens is 498 g/mol. The summed E-state index contributed by atoms with van der Waals surface area (Å²) in [4.78, 5) is 23.5. The number of nitrogens with zero attached hydrogens (tertiary/aromatic N) is 1. The molecule has 0 spiro atoms. The molecular formula is C18H17Br2N3O5. The molecule has 0 bridgehead atoms. The fourth-order valence-corrected chi connectivity index (χ4v) is 3.48. The van der Waals surface area contributed by atoms with Crippen LogP contribution in [0.4, 0.5) is 5.69 Å². The van der Waals surface area contributed by atoms with Crippen molar-refractivity contribution in [2.45, 2.75) is 0 Å². The standard InChI is InChI=1S/C18H17Br2N3O5/c1-27-14-6-3-10(16(18(25)26)17(14)28-2)8-22-23-15(24)9-21-13-5-4-11(19)7-12(13)20/h3-8,21H,9H2,1-2H3,(H,23,24)(H,25,26)/b22-8+. The van der Waals surface area contributed by atoms with Gasteiger partial charge >= 0.3 is 5.97 Å². The first-order chi connectivity index (χ1) is 13.4. The summed E-state index contributed by atoms with van der Waals surface area (Å²) in [5.41, 5.74) is 3.23. The molecule has 1 amide bonds. The molecule has 0 aliphatic rings. The van der Waals surface area contributed by atoms with Gasteiger partial charge in [-0.25, -0.2) is 10.2 Å². The van der Waals surface area contributed by atoms with Crippen LogP contribution in [-0.4, -0.2) is 44.0 Å². The number of rotatable bonds is 8. The quantitative estimate of drug-likeness (QED) is 0.367. The third-order valence-corrected chi connectivity index (χ3v) is 4.70. The van der Waals surface area contributed by atoms with Gasteiger partial charge in [-0.05, 0) is 46.3 Å². The number of carboxylic acids is 1. The van der Waals surface area contributed by atoms with Crippen LogP contribution in [0.15, 0.2) is 44.4 Å². The number of hydrogen-bond donors (Lipinski definition) is 3. The number of amides is 1. The lowest BCUT2D eigenvalue weighted by molar-refractivity contribution is -0.119. The van der Waals surface area contributed by atoms with Crippen molar-refractivity contribution < 1.29 is 24.2 Å². The lowest BCUT2D eigenvalue weighted by Crippen LogP contribution is -2.26. The van der Waals surface area contributed by atoms with E-state index < -0.39 is 11.9 Å².